The summed E-state index contributed by atoms with van der Waals surface area (Å²) in [4.78, 5) is 60.5. The van der Waals surface area contributed by atoms with Crippen molar-refractivity contribution in [2.45, 2.75) is 39.5 Å². The number of phenols is 1. The number of anilines is 2. The lowest BCUT2D eigenvalue weighted by Gasteiger charge is -2.54. The number of imide groups is 1. The number of rotatable bonds is 5. The highest BCUT2D eigenvalue weighted by molar-refractivity contribution is 6.23. The van der Waals surface area contributed by atoms with Gasteiger partial charge in [-0.3, -0.25) is 24.1 Å². The zero-order valence-electron chi connectivity index (χ0n) is 29.8. The summed E-state index contributed by atoms with van der Waals surface area (Å²) in [5.41, 5.74) is 4.35. The molecule has 8 rings (SSSR count). The summed E-state index contributed by atoms with van der Waals surface area (Å²) in [6.07, 6.45) is 2.70. The molecule has 0 radical (unpaired) electrons. The van der Waals surface area contributed by atoms with Gasteiger partial charge in [0.1, 0.15) is 5.75 Å². The van der Waals surface area contributed by atoms with Crippen molar-refractivity contribution >= 4 is 56.9 Å². The number of ketones is 2. The average molecular weight is 693 g/mol. The van der Waals surface area contributed by atoms with Crippen LogP contribution in [0.2, 0.25) is 0 Å². The third kappa shape index (κ3) is 4.89. The Balaban J connectivity index is 1.16. The van der Waals surface area contributed by atoms with Crippen molar-refractivity contribution in [1.29, 1.82) is 0 Å². The number of hydrogen-bond donors (Lipinski definition) is 1. The molecule has 4 aromatic carbocycles. The monoisotopic (exact) mass is 692 g/mol. The Labute approximate surface area is 302 Å². The maximum absolute atomic E-state index is 14.5. The van der Waals surface area contributed by atoms with Gasteiger partial charge >= 0.3 is 0 Å². The maximum Gasteiger partial charge on any atom is 0.238 e. The Morgan fingerprint density at radius 1 is 0.769 bits per heavy atom. The molecule has 2 amide bonds. The van der Waals surface area contributed by atoms with E-state index in [2.05, 4.69) is 16.3 Å². The van der Waals surface area contributed by atoms with E-state index in [0.29, 0.717) is 46.4 Å². The molecule has 52 heavy (non-hydrogen) atoms. The Morgan fingerprint density at radius 2 is 1.40 bits per heavy atom. The summed E-state index contributed by atoms with van der Waals surface area (Å²) in [5, 5.41) is 20.9. The van der Waals surface area contributed by atoms with Gasteiger partial charge in [-0.05, 0) is 109 Å². The van der Waals surface area contributed by atoms with Crippen molar-refractivity contribution in [3.05, 3.63) is 113 Å². The summed E-state index contributed by atoms with van der Waals surface area (Å²) in [6.45, 7) is 5.34. The molecule has 1 saturated carbocycles. The fourth-order valence-corrected chi connectivity index (χ4v) is 9.34. The fraction of sp³-hybridized carbons (Fsp3) is 0.302. The molecule has 1 heterocycles. The maximum atomic E-state index is 14.5. The van der Waals surface area contributed by atoms with Crippen molar-refractivity contribution in [2.75, 3.05) is 23.9 Å². The molecule has 3 aliphatic carbocycles. The van der Waals surface area contributed by atoms with Crippen LogP contribution in [0.15, 0.2) is 118 Å². The van der Waals surface area contributed by atoms with Crippen molar-refractivity contribution in [2.24, 2.45) is 39.3 Å². The van der Waals surface area contributed by atoms with Crippen molar-refractivity contribution in [1.82, 2.24) is 0 Å². The van der Waals surface area contributed by atoms with E-state index in [9.17, 15) is 24.3 Å². The van der Waals surface area contributed by atoms with Crippen molar-refractivity contribution < 1.29 is 24.3 Å². The number of allylic oxidation sites excluding steroid dienone is 4. The molecule has 0 bridgehead atoms. The molecular formula is C43H40N4O5. The molecule has 262 valence electrons. The molecule has 1 saturated heterocycles. The van der Waals surface area contributed by atoms with Crippen LogP contribution in [0.3, 0.4) is 0 Å². The summed E-state index contributed by atoms with van der Waals surface area (Å²) in [5.74, 6) is -3.49. The first-order valence-electron chi connectivity index (χ1n) is 17.8. The predicted octanol–water partition coefficient (Wildman–Crippen LogP) is 8.38. The van der Waals surface area contributed by atoms with Crippen LogP contribution in [-0.2, 0) is 19.2 Å². The second-order valence-electron chi connectivity index (χ2n) is 15.0. The summed E-state index contributed by atoms with van der Waals surface area (Å²) in [6, 6.07) is 25.6. The van der Waals surface area contributed by atoms with Crippen molar-refractivity contribution in [3.63, 3.8) is 0 Å². The third-order valence-corrected chi connectivity index (χ3v) is 12.2. The second-order valence-corrected chi connectivity index (χ2v) is 15.0. The minimum atomic E-state index is -1.11. The van der Waals surface area contributed by atoms with Gasteiger partial charge in [0.05, 0.1) is 34.3 Å². The van der Waals surface area contributed by atoms with Crippen LogP contribution in [0, 0.1) is 29.1 Å². The van der Waals surface area contributed by atoms with E-state index in [1.807, 2.05) is 80.5 Å². The molecule has 0 aromatic heterocycles. The van der Waals surface area contributed by atoms with E-state index >= 15 is 0 Å². The van der Waals surface area contributed by atoms with Crippen LogP contribution in [-0.4, -0.2) is 42.6 Å². The number of carbonyl (C=O) groups excluding carboxylic acids is 4. The molecule has 1 aliphatic heterocycles. The van der Waals surface area contributed by atoms with E-state index < -0.39 is 35.0 Å². The molecule has 0 unspecified atom stereocenters. The van der Waals surface area contributed by atoms with E-state index in [1.165, 1.54) is 4.90 Å². The van der Waals surface area contributed by atoms with Gasteiger partial charge in [-0.1, -0.05) is 48.9 Å². The number of aromatic hydroxyl groups is 1. The smallest absolute Gasteiger partial charge is 0.238 e. The van der Waals surface area contributed by atoms with Gasteiger partial charge in [0.15, 0.2) is 11.6 Å². The number of hydrogen-bond acceptors (Lipinski definition) is 8. The minimum absolute atomic E-state index is 0.0727. The van der Waals surface area contributed by atoms with Gasteiger partial charge < -0.3 is 10.0 Å². The number of Topliss-reactive ketones (excluding diaryl/α,β-unsaturated/α-hetero) is 2. The first kappa shape index (κ1) is 33.4. The topological polar surface area (TPSA) is 120 Å². The number of azo groups is 1. The predicted molar refractivity (Wildman–Crippen MR) is 200 cm³/mol. The molecule has 2 fully saturated rings. The first-order chi connectivity index (χ1) is 24.9. The molecule has 4 aliphatic rings. The summed E-state index contributed by atoms with van der Waals surface area (Å²) in [7, 11) is 3.94. The second kappa shape index (κ2) is 12.2. The van der Waals surface area contributed by atoms with E-state index in [0.717, 1.165) is 22.2 Å². The Kier molecular flexibility index (Phi) is 7.86. The molecule has 1 N–H and O–H groups in total. The SMILES string of the molecule is CC1=C(C)C(=O)[C@@]2(C)[C@@H](c3ccc(O)c4ccccc34)C3=CC[C@@H]4C(=O)N(c5ccc(N=Nc6ccc(N(C)C)cc6)cc5)C(=O)[C@@H]4[C@@H]3C[C@H]2C1=O. The van der Waals surface area contributed by atoms with Crippen LogP contribution in [0.25, 0.3) is 10.8 Å². The molecule has 0 spiro atoms. The Morgan fingerprint density at radius 3 is 2.06 bits per heavy atom. The normalized spacial score (nSPS) is 27.2. The Hall–Kier alpha value is -5.70. The van der Waals surface area contributed by atoms with Gasteiger partial charge in [-0.15, -0.1) is 0 Å². The zero-order valence-corrected chi connectivity index (χ0v) is 29.8. The van der Waals surface area contributed by atoms with E-state index in [4.69, 9.17) is 0 Å². The molecule has 6 atom stereocenters. The number of fused-ring (bicyclic) bond motifs is 5. The van der Waals surface area contributed by atoms with Crippen LogP contribution in [0.4, 0.5) is 22.7 Å². The fourth-order valence-electron chi connectivity index (χ4n) is 9.34. The lowest BCUT2D eigenvalue weighted by molar-refractivity contribution is -0.142. The number of phenolic OH excluding ortho intramolecular Hbond substituents is 1. The standard InChI is InChI=1S/C43H40N4O5/c1-23-24(2)40(50)43(3)35(39(23)49)22-34-32(38(43)31-20-21-36(48)30-9-7-6-8-29(30)31)18-19-33-37(34)42(52)47(41(33)51)28-16-12-26(13-17-28)45-44-25-10-14-27(15-11-25)46(4)5/h6-18,20-21,33-35,37-38,48H,19,22H2,1-5H3/t33-,34+,35-,37-,38-,43+/m0/s1. The number of carbonyl (C=O) groups is 4. The van der Waals surface area contributed by atoms with Crippen molar-refractivity contribution in [3.8, 4) is 5.75 Å². The largest absolute Gasteiger partial charge is 0.507 e. The molecular weight excluding hydrogens is 652 g/mol. The van der Waals surface area contributed by atoms with E-state index in [1.54, 1.807) is 44.2 Å². The highest BCUT2D eigenvalue weighted by Crippen LogP contribution is 2.63. The molecule has 4 aromatic rings. The Bertz CT molecular complexity index is 2290. The lowest BCUT2D eigenvalue weighted by atomic mass is 9.46. The van der Waals surface area contributed by atoms with Crippen LogP contribution in [0.1, 0.15) is 45.1 Å². The first-order valence-corrected chi connectivity index (χ1v) is 17.8. The molecule has 9 nitrogen and oxygen atoms in total. The molecule has 9 heteroatoms. The minimum Gasteiger partial charge on any atom is -0.507 e. The van der Waals surface area contributed by atoms with E-state index in [-0.39, 0.29) is 29.1 Å². The number of benzene rings is 4. The van der Waals surface area contributed by atoms with Gasteiger partial charge in [0.25, 0.3) is 0 Å². The van der Waals surface area contributed by atoms with Gasteiger partial charge in [-0.2, -0.15) is 10.2 Å². The highest BCUT2D eigenvalue weighted by Gasteiger charge is 2.64. The highest BCUT2D eigenvalue weighted by atomic mass is 16.3. The lowest BCUT2D eigenvalue weighted by Crippen LogP contribution is -2.55. The average Bonchev–Trinajstić information content (AvgIpc) is 3.41. The van der Waals surface area contributed by atoms with Gasteiger partial charge in [0, 0.05) is 37.0 Å². The van der Waals surface area contributed by atoms with Crippen LogP contribution >= 0.6 is 0 Å². The number of amides is 2. The van der Waals surface area contributed by atoms with Gasteiger partial charge in [-0.25, -0.2) is 0 Å². The summed E-state index contributed by atoms with van der Waals surface area (Å²) >= 11 is 0. The zero-order chi connectivity index (χ0) is 36.6. The summed E-state index contributed by atoms with van der Waals surface area (Å²) < 4.78 is 0. The van der Waals surface area contributed by atoms with Crippen LogP contribution in [0.5, 0.6) is 5.75 Å². The quantitative estimate of drug-likeness (QED) is 0.128. The number of nitrogens with zero attached hydrogens (tertiary/aromatic N) is 4. The van der Waals surface area contributed by atoms with Crippen LogP contribution < -0.4 is 9.80 Å². The van der Waals surface area contributed by atoms with Gasteiger partial charge in [0.2, 0.25) is 11.8 Å². The third-order valence-electron chi connectivity index (χ3n) is 12.2.